The molecule has 0 aromatic heterocycles. The van der Waals surface area contributed by atoms with Crippen molar-refractivity contribution in [2.24, 2.45) is 0 Å². The van der Waals surface area contributed by atoms with E-state index in [2.05, 4.69) is 5.32 Å². The topological polar surface area (TPSA) is 102 Å². The Kier molecular flexibility index (Phi) is 6.10. The van der Waals surface area contributed by atoms with Crippen LogP contribution in [0.15, 0.2) is 48.5 Å². The van der Waals surface area contributed by atoms with Crippen molar-refractivity contribution in [2.75, 3.05) is 11.9 Å². The Bertz CT molecular complexity index is 890. The minimum absolute atomic E-state index is 0.0185. The first-order valence-electron chi connectivity index (χ1n) is 8.68. The van der Waals surface area contributed by atoms with Crippen molar-refractivity contribution in [2.45, 2.75) is 25.5 Å². The van der Waals surface area contributed by atoms with E-state index in [1.807, 2.05) is 30.3 Å². The molecule has 0 bridgehead atoms. The van der Waals surface area contributed by atoms with Crippen LogP contribution in [0.2, 0.25) is 5.02 Å². The van der Waals surface area contributed by atoms with Gasteiger partial charge in [0.05, 0.1) is 4.92 Å². The molecule has 28 heavy (non-hydrogen) atoms. The molecule has 3 rings (SSSR count). The van der Waals surface area contributed by atoms with Crippen molar-refractivity contribution in [3.05, 3.63) is 69.2 Å². The smallest absolute Gasteiger partial charge is 0.410 e. The molecule has 0 aliphatic carbocycles. The monoisotopic (exact) mass is 403 g/mol. The molecular formula is C19H18ClN3O5. The van der Waals surface area contributed by atoms with E-state index in [9.17, 15) is 19.7 Å². The van der Waals surface area contributed by atoms with Crippen molar-refractivity contribution < 1.29 is 19.2 Å². The van der Waals surface area contributed by atoms with E-state index in [-0.39, 0.29) is 23.0 Å². The Balaban J connectivity index is 1.63. The van der Waals surface area contributed by atoms with Crippen molar-refractivity contribution in [3.63, 3.8) is 0 Å². The second kappa shape index (κ2) is 8.71. The number of halogens is 1. The van der Waals surface area contributed by atoms with Crippen LogP contribution in [-0.2, 0) is 16.1 Å². The fourth-order valence-corrected chi connectivity index (χ4v) is 3.20. The summed E-state index contributed by atoms with van der Waals surface area (Å²) < 4.78 is 5.31. The van der Waals surface area contributed by atoms with Crippen LogP contribution in [0.1, 0.15) is 18.4 Å². The Morgan fingerprint density at radius 3 is 2.71 bits per heavy atom. The molecule has 146 valence electrons. The molecule has 2 amide bonds. The van der Waals surface area contributed by atoms with Crippen LogP contribution in [-0.4, -0.2) is 34.4 Å². The molecule has 1 aliphatic heterocycles. The molecular weight excluding hydrogens is 386 g/mol. The molecule has 1 fully saturated rings. The minimum Gasteiger partial charge on any atom is -0.445 e. The van der Waals surface area contributed by atoms with Gasteiger partial charge in [-0.3, -0.25) is 19.8 Å². The molecule has 9 heteroatoms. The highest BCUT2D eigenvalue weighted by molar-refractivity contribution is 6.32. The lowest BCUT2D eigenvalue weighted by Gasteiger charge is -2.23. The summed E-state index contributed by atoms with van der Waals surface area (Å²) in [5.41, 5.74) is 0.792. The molecule has 0 spiro atoms. The first kappa shape index (κ1) is 19.6. The lowest BCUT2D eigenvalue weighted by Crippen LogP contribution is -2.43. The lowest BCUT2D eigenvalue weighted by atomic mass is 10.2. The third-order valence-corrected chi connectivity index (χ3v) is 4.73. The van der Waals surface area contributed by atoms with Crippen molar-refractivity contribution >= 4 is 35.0 Å². The summed E-state index contributed by atoms with van der Waals surface area (Å²) in [5, 5.41) is 13.6. The molecule has 0 radical (unpaired) electrons. The summed E-state index contributed by atoms with van der Waals surface area (Å²) in [5.74, 6) is -0.425. The number of likely N-dealkylation sites (tertiary alicyclic amines) is 1. The number of ether oxygens (including phenoxy) is 1. The summed E-state index contributed by atoms with van der Waals surface area (Å²) in [6, 6.07) is 12.6. The normalized spacial score (nSPS) is 15.9. The number of carbonyl (C=O) groups is 2. The molecule has 1 atom stereocenters. The van der Waals surface area contributed by atoms with Crippen LogP contribution in [0.5, 0.6) is 0 Å². The van der Waals surface area contributed by atoms with Crippen LogP contribution < -0.4 is 5.32 Å². The van der Waals surface area contributed by atoms with Crippen molar-refractivity contribution in [3.8, 4) is 0 Å². The molecule has 1 unspecified atom stereocenters. The van der Waals surface area contributed by atoms with Crippen LogP contribution in [0.4, 0.5) is 16.2 Å². The van der Waals surface area contributed by atoms with Crippen LogP contribution in [0, 0.1) is 10.1 Å². The van der Waals surface area contributed by atoms with Crippen LogP contribution >= 0.6 is 11.6 Å². The van der Waals surface area contributed by atoms with Gasteiger partial charge in [-0.2, -0.15) is 0 Å². The van der Waals surface area contributed by atoms with Crippen molar-refractivity contribution in [1.82, 2.24) is 4.90 Å². The SMILES string of the molecule is O=C(Nc1ccc(Cl)c([N+](=O)[O-])c1)C1CCCN1C(=O)OCc1ccccc1. The van der Waals surface area contributed by atoms with E-state index in [1.54, 1.807) is 0 Å². The summed E-state index contributed by atoms with van der Waals surface area (Å²) in [6.45, 7) is 0.528. The predicted octanol–water partition coefficient (Wildman–Crippen LogP) is 3.99. The number of nitrogens with zero attached hydrogens (tertiary/aromatic N) is 2. The maximum atomic E-state index is 12.6. The fourth-order valence-electron chi connectivity index (χ4n) is 3.02. The van der Waals surface area contributed by atoms with Crippen LogP contribution in [0.3, 0.4) is 0 Å². The zero-order chi connectivity index (χ0) is 20.1. The number of benzene rings is 2. The van der Waals surface area contributed by atoms with Crippen molar-refractivity contribution in [1.29, 1.82) is 0 Å². The zero-order valence-corrected chi connectivity index (χ0v) is 15.6. The van der Waals surface area contributed by atoms with E-state index in [1.165, 1.54) is 23.1 Å². The van der Waals surface area contributed by atoms with Gasteiger partial charge in [-0.25, -0.2) is 4.79 Å². The summed E-state index contributed by atoms with van der Waals surface area (Å²) in [4.78, 5) is 36.7. The van der Waals surface area contributed by atoms with E-state index >= 15 is 0 Å². The number of amides is 2. The van der Waals surface area contributed by atoms with Gasteiger partial charge in [-0.05, 0) is 30.5 Å². The fraction of sp³-hybridized carbons (Fsp3) is 0.263. The van der Waals surface area contributed by atoms with Gasteiger partial charge in [0.25, 0.3) is 5.69 Å². The molecule has 2 aromatic carbocycles. The van der Waals surface area contributed by atoms with Gasteiger partial charge in [-0.1, -0.05) is 41.9 Å². The molecule has 8 nitrogen and oxygen atoms in total. The average Bonchev–Trinajstić information content (AvgIpc) is 3.18. The van der Waals surface area contributed by atoms with E-state index in [0.717, 1.165) is 5.56 Å². The first-order chi connectivity index (χ1) is 13.5. The largest absolute Gasteiger partial charge is 0.445 e. The van der Waals surface area contributed by atoms with E-state index in [4.69, 9.17) is 16.3 Å². The molecule has 0 saturated carbocycles. The molecule has 1 N–H and O–H groups in total. The Hall–Kier alpha value is -3.13. The first-order valence-corrected chi connectivity index (χ1v) is 9.05. The number of carbonyl (C=O) groups excluding carboxylic acids is 2. The van der Waals surface area contributed by atoms with E-state index in [0.29, 0.717) is 19.4 Å². The minimum atomic E-state index is -0.696. The van der Waals surface area contributed by atoms with Gasteiger partial charge in [-0.15, -0.1) is 0 Å². The third-order valence-electron chi connectivity index (χ3n) is 4.41. The summed E-state index contributed by atoms with van der Waals surface area (Å²) in [6.07, 6.45) is 0.588. The van der Waals surface area contributed by atoms with Crippen LogP contribution in [0.25, 0.3) is 0 Å². The summed E-state index contributed by atoms with van der Waals surface area (Å²) >= 11 is 5.78. The molecule has 1 aliphatic rings. The highest BCUT2D eigenvalue weighted by atomic mass is 35.5. The number of rotatable bonds is 5. The number of hydrogen-bond donors (Lipinski definition) is 1. The maximum absolute atomic E-state index is 12.6. The molecule has 1 saturated heterocycles. The van der Waals surface area contributed by atoms with Gasteiger partial charge >= 0.3 is 6.09 Å². The van der Waals surface area contributed by atoms with Gasteiger partial charge in [0.1, 0.15) is 17.7 Å². The number of hydrogen-bond acceptors (Lipinski definition) is 5. The number of nitrogens with one attached hydrogen (secondary N) is 1. The second-order valence-corrected chi connectivity index (χ2v) is 6.71. The number of nitro benzene ring substituents is 1. The Morgan fingerprint density at radius 2 is 2.00 bits per heavy atom. The van der Waals surface area contributed by atoms with Gasteiger partial charge in [0.15, 0.2) is 0 Å². The highest BCUT2D eigenvalue weighted by Crippen LogP contribution is 2.28. The third kappa shape index (κ3) is 4.58. The van der Waals surface area contributed by atoms with Gasteiger partial charge < -0.3 is 10.1 Å². The second-order valence-electron chi connectivity index (χ2n) is 6.30. The Morgan fingerprint density at radius 1 is 1.25 bits per heavy atom. The predicted molar refractivity (Wildman–Crippen MR) is 103 cm³/mol. The van der Waals surface area contributed by atoms with Gasteiger partial charge in [0.2, 0.25) is 5.91 Å². The highest BCUT2D eigenvalue weighted by Gasteiger charge is 2.35. The standard InChI is InChI=1S/C19H18ClN3O5/c20-15-9-8-14(11-17(15)23(26)27)21-18(24)16-7-4-10-22(16)19(25)28-12-13-5-2-1-3-6-13/h1-3,5-6,8-9,11,16H,4,7,10,12H2,(H,21,24). The zero-order valence-electron chi connectivity index (χ0n) is 14.8. The number of anilines is 1. The van der Waals surface area contributed by atoms with E-state index < -0.39 is 23.0 Å². The van der Waals surface area contributed by atoms with Gasteiger partial charge in [0, 0.05) is 18.3 Å². The summed E-state index contributed by atoms with van der Waals surface area (Å²) in [7, 11) is 0. The average molecular weight is 404 g/mol. The lowest BCUT2D eigenvalue weighted by molar-refractivity contribution is -0.384. The maximum Gasteiger partial charge on any atom is 0.410 e. The molecule has 2 aromatic rings. The quantitative estimate of drug-likeness (QED) is 0.600. The Labute approximate surface area is 166 Å². The number of nitro groups is 1. The molecule has 1 heterocycles.